The van der Waals surface area contributed by atoms with Crippen LogP contribution in [0.2, 0.25) is 0 Å². The Balaban J connectivity index is 1.19. The van der Waals surface area contributed by atoms with Crippen LogP contribution in [0.4, 0.5) is 18.9 Å². The molecule has 1 saturated carbocycles. The molecule has 1 aliphatic carbocycles. The van der Waals surface area contributed by atoms with E-state index in [9.17, 15) is 18.0 Å². The minimum Gasteiger partial charge on any atom is -0.465 e. The lowest BCUT2D eigenvalue weighted by molar-refractivity contribution is 0.0146. The number of hydrogen-bond acceptors (Lipinski definition) is 6. The van der Waals surface area contributed by atoms with Crippen LogP contribution in [0.15, 0.2) is 40.9 Å². The van der Waals surface area contributed by atoms with Crippen molar-refractivity contribution in [2.75, 3.05) is 12.0 Å². The van der Waals surface area contributed by atoms with Gasteiger partial charge < -0.3 is 18.9 Å². The quantitative estimate of drug-likeness (QED) is 0.355. The molecule has 2 bridgehead atoms. The molecule has 3 atom stereocenters. The third kappa shape index (κ3) is 4.39. The number of rotatable bonds is 7. The summed E-state index contributed by atoms with van der Waals surface area (Å²) in [6, 6.07) is 8.37. The summed E-state index contributed by atoms with van der Waals surface area (Å²) >= 11 is 0. The summed E-state index contributed by atoms with van der Waals surface area (Å²) in [6.07, 6.45) is 5.02. The number of anilines is 1. The van der Waals surface area contributed by atoms with Crippen molar-refractivity contribution in [3.8, 4) is 11.3 Å². The van der Waals surface area contributed by atoms with E-state index < -0.39 is 23.4 Å². The minimum absolute atomic E-state index is 0.0913. The van der Waals surface area contributed by atoms with Gasteiger partial charge in [-0.25, -0.2) is 18.0 Å². The van der Waals surface area contributed by atoms with Crippen LogP contribution in [0.3, 0.4) is 0 Å². The lowest BCUT2D eigenvalue weighted by Crippen LogP contribution is -2.46. The van der Waals surface area contributed by atoms with Crippen molar-refractivity contribution >= 4 is 11.7 Å². The fraction of sp³-hybridized carbons (Fsp3) is 0.429. The third-order valence-electron chi connectivity index (χ3n) is 7.77. The van der Waals surface area contributed by atoms with E-state index >= 15 is 0 Å². The van der Waals surface area contributed by atoms with E-state index in [0.29, 0.717) is 29.9 Å². The Morgan fingerprint density at radius 1 is 1.03 bits per heavy atom. The molecule has 194 valence electrons. The second-order valence-electron chi connectivity index (χ2n) is 10.1. The number of ether oxygens (including phenoxy) is 2. The topological polar surface area (TPSA) is 64.8 Å². The van der Waals surface area contributed by atoms with E-state index in [1.165, 1.54) is 31.4 Å². The zero-order valence-corrected chi connectivity index (χ0v) is 20.4. The summed E-state index contributed by atoms with van der Waals surface area (Å²) in [7, 11) is 1.27. The van der Waals surface area contributed by atoms with Crippen molar-refractivity contribution in [1.82, 2.24) is 5.16 Å². The molecule has 0 amide bonds. The van der Waals surface area contributed by atoms with Gasteiger partial charge in [-0.1, -0.05) is 11.2 Å². The molecular formula is C28H27F3N2O4. The van der Waals surface area contributed by atoms with E-state index in [1.54, 1.807) is 12.1 Å². The van der Waals surface area contributed by atoms with Gasteiger partial charge in [0.15, 0.2) is 0 Å². The van der Waals surface area contributed by atoms with E-state index in [2.05, 4.69) is 10.1 Å². The minimum atomic E-state index is -0.691. The number of piperidine rings is 1. The van der Waals surface area contributed by atoms with Crippen LogP contribution < -0.4 is 4.90 Å². The SMILES string of the molecule is COC(=O)c1ccc(N2[C@@H]3CC[C@H]2CC(OCc2c(-c4c(F)cccc4F)noc2C2CC2)C3)c(F)c1. The lowest BCUT2D eigenvalue weighted by Gasteiger charge is -2.40. The molecule has 0 spiro atoms. The van der Waals surface area contributed by atoms with Crippen molar-refractivity contribution in [3.63, 3.8) is 0 Å². The Hall–Kier alpha value is -3.33. The summed E-state index contributed by atoms with van der Waals surface area (Å²) in [4.78, 5) is 13.9. The first kappa shape index (κ1) is 24.0. The number of esters is 1. The molecule has 0 N–H and O–H groups in total. The monoisotopic (exact) mass is 512 g/mol. The average molecular weight is 513 g/mol. The van der Waals surface area contributed by atoms with Crippen LogP contribution in [0.25, 0.3) is 11.3 Å². The van der Waals surface area contributed by atoms with E-state index in [4.69, 9.17) is 14.0 Å². The van der Waals surface area contributed by atoms with Gasteiger partial charge >= 0.3 is 5.97 Å². The predicted octanol–water partition coefficient (Wildman–Crippen LogP) is 6.14. The standard InChI is InChI=1S/C28H27F3N2O4/c1-35-28(34)16-7-10-24(23(31)11-16)33-17-8-9-18(33)13-19(12-17)36-14-20-26(32-37-27(20)15-5-6-15)25-21(29)3-2-4-22(25)30/h2-4,7,10-11,15,17-19H,5-6,8-9,12-14H2,1H3/t17-,18+,19?. The Labute approximate surface area is 212 Å². The van der Waals surface area contributed by atoms with Crippen LogP contribution in [0.1, 0.15) is 66.1 Å². The molecular weight excluding hydrogens is 485 g/mol. The first-order valence-corrected chi connectivity index (χ1v) is 12.6. The van der Waals surface area contributed by atoms with Crippen LogP contribution in [0, 0.1) is 17.5 Å². The van der Waals surface area contributed by atoms with Crippen molar-refractivity contribution in [2.24, 2.45) is 0 Å². The Bertz CT molecular complexity index is 1300. The molecule has 3 aromatic rings. The van der Waals surface area contributed by atoms with E-state index in [1.807, 2.05) is 0 Å². The fourth-order valence-electron chi connectivity index (χ4n) is 5.87. The highest BCUT2D eigenvalue weighted by atomic mass is 19.1. The van der Waals surface area contributed by atoms with Gasteiger partial charge in [0.05, 0.1) is 36.6 Å². The van der Waals surface area contributed by atoms with Gasteiger partial charge in [0.2, 0.25) is 0 Å². The molecule has 3 aliphatic rings. The molecule has 3 fully saturated rings. The van der Waals surface area contributed by atoms with Crippen molar-refractivity contribution < 1.29 is 32.0 Å². The van der Waals surface area contributed by atoms with Gasteiger partial charge in [-0.2, -0.15) is 0 Å². The highest BCUT2D eigenvalue weighted by molar-refractivity contribution is 5.89. The summed E-state index contributed by atoms with van der Waals surface area (Å²) in [5.41, 5.74) is 1.22. The second kappa shape index (κ2) is 9.52. The number of nitrogens with zero attached hydrogens (tertiary/aromatic N) is 2. The van der Waals surface area contributed by atoms with Gasteiger partial charge in [0.1, 0.15) is 28.9 Å². The van der Waals surface area contributed by atoms with Gasteiger partial charge in [0.25, 0.3) is 0 Å². The number of carbonyl (C=O) groups excluding carboxylic acids is 1. The summed E-state index contributed by atoms with van der Waals surface area (Å²) < 4.78 is 60.6. The number of hydrogen-bond donors (Lipinski definition) is 0. The second-order valence-corrected chi connectivity index (χ2v) is 10.1. The van der Waals surface area contributed by atoms with Gasteiger partial charge in [-0.15, -0.1) is 0 Å². The molecule has 6 rings (SSSR count). The summed E-state index contributed by atoms with van der Waals surface area (Å²) in [5.74, 6) is -1.56. The molecule has 6 nitrogen and oxygen atoms in total. The smallest absolute Gasteiger partial charge is 0.337 e. The number of carbonyl (C=O) groups is 1. The van der Waals surface area contributed by atoms with Crippen LogP contribution in [0.5, 0.6) is 0 Å². The molecule has 1 aromatic heterocycles. The van der Waals surface area contributed by atoms with Crippen molar-refractivity contribution in [3.05, 3.63) is 70.7 Å². The van der Waals surface area contributed by atoms with Crippen LogP contribution in [-0.2, 0) is 16.1 Å². The summed E-state index contributed by atoms with van der Waals surface area (Å²) in [6.45, 7) is 0.144. The largest absolute Gasteiger partial charge is 0.465 e. The predicted molar refractivity (Wildman–Crippen MR) is 129 cm³/mol. The third-order valence-corrected chi connectivity index (χ3v) is 7.77. The van der Waals surface area contributed by atoms with Gasteiger partial charge in [-0.05, 0) is 68.9 Å². The maximum absolute atomic E-state index is 15.0. The van der Waals surface area contributed by atoms with E-state index in [0.717, 1.165) is 25.7 Å². The Morgan fingerprint density at radius 3 is 2.35 bits per heavy atom. The Morgan fingerprint density at radius 2 is 1.73 bits per heavy atom. The number of methoxy groups -OCH3 is 1. The van der Waals surface area contributed by atoms with Gasteiger partial charge in [0, 0.05) is 23.6 Å². The molecule has 1 unspecified atom stereocenters. The first-order valence-electron chi connectivity index (χ1n) is 12.6. The Kier molecular flexibility index (Phi) is 6.18. The normalized spacial score (nSPS) is 22.9. The molecule has 37 heavy (non-hydrogen) atoms. The summed E-state index contributed by atoms with van der Waals surface area (Å²) in [5, 5.41) is 4.04. The molecule has 3 heterocycles. The molecule has 2 aliphatic heterocycles. The lowest BCUT2D eigenvalue weighted by atomic mass is 9.98. The zero-order chi connectivity index (χ0) is 25.7. The van der Waals surface area contributed by atoms with Gasteiger partial charge in [-0.3, -0.25) is 0 Å². The molecule has 2 aromatic carbocycles. The number of fused-ring (bicyclic) bond motifs is 2. The fourth-order valence-corrected chi connectivity index (χ4v) is 5.87. The number of benzene rings is 2. The van der Waals surface area contributed by atoms with Crippen LogP contribution >= 0.6 is 0 Å². The molecule has 2 saturated heterocycles. The highest BCUT2D eigenvalue weighted by Crippen LogP contribution is 2.46. The average Bonchev–Trinajstić information content (AvgIpc) is 3.60. The highest BCUT2D eigenvalue weighted by Gasteiger charge is 2.43. The maximum atomic E-state index is 15.0. The zero-order valence-electron chi connectivity index (χ0n) is 20.4. The number of halogens is 3. The van der Waals surface area contributed by atoms with Crippen molar-refractivity contribution in [1.29, 1.82) is 0 Å². The van der Waals surface area contributed by atoms with Crippen molar-refractivity contribution in [2.45, 2.75) is 69.2 Å². The molecule has 0 radical (unpaired) electrons. The maximum Gasteiger partial charge on any atom is 0.337 e. The van der Waals surface area contributed by atoms with E-state index in [-0.39, 0.29) is 47.5 Å². The molecule has 9 heteroatoms. The number of aromatic nitrogens is 1. The first-order chi connectivity index (χ1) is 17.9. The van der Waals surface area contributed by atoms with Crippen LogP contribution in [-0.4, -0.2) is 36.4 Å².